The first-order chi connectivity index (χ1) is 6.24. The van der Waals surface area contributed by atoms with Crippen LogP contribution in [0.4, 0.5) is 0 Å². The van der Waals surface area contributed by atoms with Crippen LogP contribution in [0.1, 0.15) is 5.56 Å². The molecular weight excluding hydrogens is 166 g/mol. The molecule has 0 heterocycles. The fourth-order valence-electron chi connectivity index (χ4n) is 1.07. The zero-order valence-corrected chi connectivity index (χ0v) is 7.23. The molecule has 0 aliphatic carbocycles. The highest BCUT2D eigenvalue weighted by Gasteiger charge is 2.11. The first-order valence-electron chi connectivity index (χ1n) is 4.04. The van der Waals surface area contributed by atoms with E-state index in [1.807, 2.05) is 35.8 Å². The number of nitrogens with one attached hydrogen (secondary N) is 1. The molecule has 1 aromatic carbocycles. The Morgan fingerprint density at radius 1 is 1.38 bits per heavy atom. The molecule has 0 unspecified atom stereocenters. The second-order valence-corrected chi connectivity index (χ2v) is 2.80. The number of hydrogen-bond donors (Lipinski definition) is 3. The number of carbonyl (C=O) groups excluding carboxylic acids is 1. The number of rotatable bonds is 3. The lowest BCUT2D eigenvalue weighted by atomic mass is 10.1. The van der Waals surface area contributed by atoms with Crippen molar-refractivity contribution in [1.82, 2.24) is 5.43 Å². The largest absolute Gasteiger partial charge is 0.320 e. The number of carbonyl (C=O) groups is 1. The Morgan fingerprint density at radius 2 is 2.00 bits per heavy atom. The van der Waals surface area contributed by atoms with Gasteiger partial charge in [-0.3, -0.25) is 10.2 Å². The van der Waals surface area contributed by atoms with Crippen molar-refractivity contribution in [3.8, 4) is 0 Å². The fourth-order valence-corrected chi connectivity index (χ4v) is 1.07. The highest BCUT2D eigenvalue weighted by molar-refractivity contribution is 5.81. The smallest absolute Gasteiger partial charge is 0.251 e. The molecule has 0 aliphatic heterocycles. The summed E-state index contributed by atoms with van der Waals surface area (Å²) in [6.07, 6.45) is 0.504. The van der Waals surface area contributed by atoms with E-state index in [2.05, 4.69) is 0 Å². The molecule has 4 heteroatoms. The van der Waals surface area contributed by atoms with Crippen molar-refractivity contribution in [3.63, 3.8) is 0 Å². The summed E-state index contributed by atoms with van der Waals surface area (Å²) >= 11 is 0. The van der Waals surface area contributed by atoms with E-state index in [1.54, 1.807) is 0 Å². The number of benzene rings is 1. The first kappa shape index (κ1) is 9.70. The van der Waals surface area contributed by atoms with Gasteiger partial charge in [-0.2, -0.15) is 0 Å². The average Bonchev–Trinajstić information content (AvgIpc) is 2.18. The molecule has 1 rings (SSSR count). The van der Waals surface area contributed by atoms with Crippen LogP contribution in [-0.2, 0) is 11.2 Å². The third-order valence-corrected chi connectivity index (χ3v) is 1.78. The molecule has 0 saturated carbocycles. The quantitative estimate of drug-likeness (QED) is 0.334. The number of hydrogen-bond acceptors (Lipinski definition) is 3. The summed E-state index contributed by atoms with van der Waals surface area (Å²) in [5, 5.41) is 0. The zero-order chi connectivity index (χ0) is 9.68. The maximum Gasteiger partial charge on any atom is 0.251 e. The summed E-state index contributed by atoms with van der Waals surface area (Å²) in [6.45, 7) is 0. The van der Waals surface area contributed by atoms with Crippen LogP contribution in [0.5, 0.6) is 0 Å². The van der Waals surface area contributed by atoms with Gasteiger partial charge in [0, 0.05) is 0 Å². The molecule has 13 heavy (non-hydrogen) atoms. The van der Waals surface area contributed by atoms with Crippen LogP contribution >= 0.6 is 0 Å². The Kier molecular flexibility index (Phi) is 3.42. The standard InChI is InChI=1S/C9H13N3O/c10-8(9(13)12-11)6-7-4-2-1-3-5-7/h1-5,8H,6,10-11H2,(H,12,13)/t8-/m0/s1. The van der Waals surface area contributed by atoms with Crippen molar-refractivity contribution in [2.75, 3.05) is 0 Å². The van der Waals surface area contributed by atoms with E-state index in [-0.39, 0.29) is 5.91 Å². The summed E-state index contributed by atoms with van der Waals surface area (Å²) in [4.78, 5) is 11.0. The highest BCUT2D eigenvalue weighted by atomic mass is 16.2. The molecular formula is C9H13N3O. The van der Waals surface area contributed by atoms with E-state index in [0.717, 1.165) is 5.56 Å². The minimum atomic E-state index is -0.576. The lowest BCUT2D eigenvalue weighted by Crippen LogP contribution is -2.45. The molecule has 0 aliphatic rings. The van der Waals surface area contributed by atoms with Gasteiger partial charge in [0.2, 0.25) is 0 Å². The Hall–Kier alpha value is -1.39. The summed E-state index contributed by atoms with van der Waals surface area (Å²) in [6, 6.07) is 8.99. The molecule has 0 aromatic heterocycles. The van der Waals surface area contributed by atoms with E-state index in [1.165, 1.54) is 0 Å². The van der Waals surface area contributed by atoms with E-state index in [0.29, 0.717) is 6.42 Å². The van der Waals surface area contributed by atoms with Gasteiger partial charge in [0.15, 0.2) is 0 Å². The van der Waals surface area contributed by atoms with Crippen LogP contribution in [0.15, 0.2) is 30.3 Å². The van der Waals surface area contributed by atoms with Crippen LogP contribution in [0.3, 0.4) is 0 Å². The van der Waals surface area contributed by atoms with Crippen LogP contribution < -0.4 is 17.0 Å². The van der Waals surface area contributed by atoms with Gasteiger partial charge in [0.25, 0.3) is 5.91 Å². The van der Waals surface area contributed by atoms with Gasteiger partial charge in [0.05, 0.1) is 6.04 Å². The summed E-state index contributed by atoms with van der Waals surface area (Å²) in [5.74, 6) is 4.60. The SMILES string of the molecule is NNC(=O)[C@@H](N)Cc1ccccc1. The maximum atomic E-state index is 11.0. The van der Waals surface area contributed by atoms with Gasteiger partial charge in [0.1, 0.15) is 0 Å². The normalized spacial score (nSPS) is 12.2. The van der Waals surface area contributed by atoms with E-state index in [4.69, 9.17) is 11.6 Å². The van der Waals surface area contributed by atoms with Crippen LogP contribution in [-0.4, -0.2) is 11.9 Å². The Bertz CT molecular complexity index is 273. The van der Waals surface area contributed by atoms with Gasteiger partial charge in [-0.05, 0) is 12.0 Å². The summed E-state index contributed by atoms with van der Waals surface area (Å²) < 4.78 is 0. The third kappa shape index (κ3) is 2.85. The van der Waals surface area contributed by atoms with Crippen LogP contribution in [0.25, 0.3) is 0 Å². The number of nitrogens with two attached hydrogens (primary N) is 2. The maximum absolute atomic E-state index is 11.0. The van der Waals surface area contributed by atoms with E-state index in [9.17, 15) is 4.79 Å². The second kappa shape index (κ2) is 4.59. The van der Waals surface area contributed by atoms with Crippen LogP contribution in [0.2, 0.25) is 0 Å². The Morgan fingerprint density at radius 3 is 2.54 bits per heavy atom. The first-order valence-corrected chi connectivity index (χ1v) is 4.04. The summed E-state index contributed by atoms with van der Waals surface area (Å²) in [5.41, 5.74) is 8.62. The third-order valence-electron chi connectivity index (χ3n) is 1.78. The number of hydrazine groups is 1. The Balaban J connectivity index is 2.55. The highest BCUT2D eigenvalue weighted by Crippen LogP contribution is 2.01. The zero-order valence-electron chi connectivity index (χ0n) is 7.23. The van der Waals surface area contributed by atoms with Crippen LogP contribution in [0, 0.1) is 0 Å². The predicted molar refractivity (Wildman–Crippen MR) is 50.5 cm³/mol. The van der Waals surface area contributed by atoms with Crippen molar-refractivity contribution < 1.29 is 4.79 Å². The lowest BCUT2D eigenvalue weighted by molar-refractivity contribution is -0.122. The average molecular weight is 179 g/mol. The molecule has 1 amide bonds. The van der Waals surface area contributed by atoms with Crippen molar-refractivity contribution in [2.45, 2.75) is 12.5 Å². The van der Waals surface area contributed by atoms with Gasteiger partial charge in [-0.15, -0.1) is 0 Å². The minimum absolute atomic E-state index is 0.344. The van der Waals surface area contributed by atoms with Crippen molar-refractivity contribution in [2.24, 2.45) is 11.6 Å². The second-order valence-electron chi connectivity index (χ2n) is 2.80. The van der Waals surface area contributed by atoms with Gasteiger partial charge in [-0.1, -0.05) is 30.3 Å². The molecule has 0 bridgehead atoms. The van der Waals surface area contributed by atoms with Gasteiger partial charge >= 0.3 is 0 Å². The molecule has 0 saturated heterocycles. The topological polar surface area (TPSA) is 81.1 Å². The van der Waals surface area contributed by atoms with Gasteiger partial charge in [-0.25, -0.2) is 5.84 Å². The molecule has 0 spiro atoms. The molecule has 70 valence electrons. The lowest BCUT2D eigenvalue weighted by Gasteiger charge is -2.08. The van der Waals surface area contributed by atoms with Gasteiger partial charge < -0.3 is 5.73 Å². The molecule has 1 atom stereocenters. The molecule has 4 nitrogen and oxygen atoms in total. The van der Waals surface area contributed by atoms with E-state index < -0.39 is 6.04 Å². The number of amides is 1. The Labute approximate surface area is 76.9 Å². The molecule has 0 fully saturated rings. The van der Waals surface area contributed by atoms with Crippen molar-refractivity contribution in [3.05, 3.63) is 35.9 Å². The predicted octanol–water partition coefficient (Wildman–Crippen LogP) is -0.454. The van der Waals surface area contributed by atoms with Crippen molar-refractivity contribution >= 4 is 5.91 Å². The molecule has 5 N–H and O–H groups in total. The summed E-state index contributed by atoms with van der Waals surface area (Å²) in [7, 11) is 0. The molecule has 1 aromatic rings. The van der Waals surface area contributed by atoms with Crippen molar-refractivity contribution in [1.29, 1.82) is 0 Å². The van der Waals surface area contributed by atoms with E-state index >= 15 is 0 Å². The fraction of sp³-hybridized carbons (Fsp3) is 0.222. The molecule has 0 radical (unpaired) electrons. The monoisotopic (exact) mass is 179 g/mol. The minimum Gasteiger partial charge on any atom is -0.320 e.